The number of aliphatic carboxylic acids is 2. The molecule has 0 amide bonds. The van der Waals surface area contributed by atoms with Gasteiger partial charge in [0.25, 0.3) is 0 Å². The summed E-state index contributed by atoms with van der Waals surface area (Å²) in [5.74, 6) is -1.39. The molecule has 1 saturated carbocycles. The first-order valence-electron chi connectivity index (χ1n) is 11.3. The quantitative estimate of drug-likeness (QED) is 0.543. The molecule has 6 nitrogen and oxygen atoms in total. The molecule has 1 aliphatic carbocycles. The normalized spacial score (nSPS) is 29.0. The number of benzene rings is 1. The molecule has 6 heteroatoms. The molecule has 30 heavy (non-hydrogen) atoms. The maximum absolute atomic E-state index is 11.0. The number of carboxylic acid groups (broad SMARTS) is 2. The van der Waals surface area contributed by atoms with Crippen molar-refractivity contribution in [3.63, 3.8) is 0 Å². The number of carboxylic acids is 2. The summed E-state index contributed by atoms with van der Waals surface area (Å²) in [6.45, 7) is 2.28. The molecule has 0 bridgehead atoms. The fourth-order valence-electron chi connectivity index (χ4n) is 4.78. The maximum Gasteiger partial charge on any atom is 0.185 e. The van der Waals surface area contributed by atoms with Gasteiger partial charge >= 0.3 is 0 Å². The molecule has 2 aliphatic rings. The fraction of sp³-hybridized carbons (Fsp3) is 0.667. The number of carbonyl (C=O) groups is 2. The van der Waals surface area contributed by atoms with Crippen LogP contribution in [-0.2, 0) is 25.5 Å². The smallest absolute Gasteiger partial charge is 0.185 e. The molecule has 1 aromatic rings. The average molecular weight is 417 g/mol. The van der Waals surface area contributed by atoms with Crippen LogP contribution in [0.3, 0.4) is 0 Å². The minimum atomic E-state index is -1.67. The fourth-order valence-corrected chi connectivity index (χ4v) is 4.78. The van der Waals surface area contributed by atoms with Crippen LogP contribution in [0.15, 0.2) is 24.3 Å². The van der Waals surface area contributed by atoms with Crippen molar-refractivity contribution in [3.05, 3.63) is 35.4 Å². The first kappa shape index (κ1) is 22.8. The van der Waals surface area contributed by atoms with Gasteiger partial charge in [-0.3, -0.25) is 0 Å². The van der Waals surface area contributed by atoms with Crippen molar-refractivity contribution < 1.29 is 29.3 Å². The Kier molecular flexibility index (Phi) is 8.28. The largest absolute Gasteiger partial charge is 0.547 e. The van der Waals surface area contributed by atoms with Crippen LogP contribution in [0.1, 0.15) is 82.1 Å². The van der Waals surface area contributed by atoms with Crippen molar-refractivity contribution in [2.45, 2.75) is 89.6 Å². The summed E-state index contributed by atoms with van der Waals surface area (Å²) in [4.78, 5) is 22.1. The topological polar surface area (TPSA) is 98.7 Å². The van der Waals surface area contributed by atoms with E-state index in [9.17, 15) is 19.8 Å². The van der Waals surface area contributed by atoms with Crippen LogP contribution in [0, 0.1) is 11.8 Å². The van der Waals surface area contributed by atoms with Gasteiger partial charge in [0.15, 0.2) is 6.29 Å². The highest BCUT2D eigenvalue weighted by molar-refractivity contribution is 5.82. The van der Waals surface area contributed by atoms with Gasteiger partial charge in [-0.1, -0.05) is 82.6 Å². The van der Waals surface area contributed by atoms with E-state index in [-0.39, 0.29) is 0 Å². The second-order valence-electron chi connectivity index (χ2n) is 8.75. The molecule has 2 unspecified atom stereocenters. The van der Waals surface area contributed by atoms with Gasteiger partial charge in [-0.2, -0.15) is 0 Å². The predicted molar refractivity (Wildman–Crippen MR) is 107 cm³/mol. The Bertz CT molecular complexity index is 670. The van der Waals surface area contributed by atoms with Crippen LogP contribution in [0.25, 0.3) is 0 Å². The zero-order valence-electron chi connectivity index (χ0n) is 17.7. The van der Waals surface area contributed by atoms with Gasteiger partial charge in [0.1, 0.15) is 12.2 Å². The van der Waals surface area contributed by atoms with E-state index in [2.05, 4.69) is 6.92 Å². The van der Waals surface area contributed by atoms with Gasteiger partial charge in [-0.05, 0) is 30.2 Å². The van der Waals surface area contributed by atoms with Crippen molar-refractivity contribution >= 4 is 11.9 Å². The minimum Gasteiger partial charge on any atom is -0.547 e. The Morgan fingerprint density at radius 2 is 1.40 bits per heavy atom. The Hall–Kier alpha value is -1.92. The van der Waals surface area contributed by atoms with Crippen molar-refractivity contribution in [1.82, 2.24) is 0 Å². The summed E-state index contributed by atoms with van der Waals surface area (Å²) in [7, 11) is 0. The van der Waals surface area contributed by atoms with Gasteiger partial charge in [0, 0.05) is 5.56 Å². The molecule has 0 N–H and O–H groups in total. The summed E-state index contributed by atoms with van der Waals surface area (Å²) < 4.78 is 10.4. The minimum absolute atomic E-state index is 0.581. The maximum atomic E-state index is 11.0. The number of aryl methyl sites for hydroxylation is 1. The standard InChI is InChI=1S/C24H34O6/c1-2-5-16-8-10-17(11-9-16)6-3-4-7-18-12-14-19(15-13-18)24-29-20(22(25)26)21(30-24)23(27)28/h12-17,20-21,24H,2-11H2,1H3,(H,25,26)(H,27,28)/p-2. The third-order valence-electron chi connectivity index (χ3n) is 6.52. The Labute approximate surface area is 178 Å². The first-order chi connectivity index (χ1) is 14.5. The van der Waals surface area contributed by atoms with Crippen molar-refractivity contribution in [2.75, 3.05) is 0 Å². The van der Waals surface area contributed by atoms with Gasteiger partial charge < -0.3 is 29.3 Å². The van der Waals surface area contributed by atoms with E-state index in [0.717, 1.165) is 24.7 Å². The van der Waals surface area contributed by atoms with Crippen LogP contribution in [0.2, 0.25) is 0 Å². The monoisotopic (exact) mass is 416 g/mol. The number of hydrogen-bond donors (Lipinski definition) is 0. The third-order valence-corrected chi connectivity index (χ3v) is 6.52. The number of hydrogen-bond acceptors (Lipinski definition) is 6. The van der Waals surface area contributed by atoms with Crippen LogP contribution in [-0.4, -0.2) is 24.1 Å². The van der Waals surface area contributed by atoms with Gasteiger partial charge in [-0.25, -0.2) is 0 Å². The predicted octanol–water partition coefficient (Wildman–Crippen LogP) is 2.29. The lowest BCUT2D eigenvalue weighted by Crippen LogP contribution is -2.49. The summed E-state index contributed by atoms with van der Waals surface area (Å²) in [6.07, 6.45) is 8.58. The molecule has 166 valence electrons. The molecular weight excluding hydrogens is 384 g/mol. The van der Waals surface area contributed by atoms with Crippen LogP contribution in [0.5, 0.6) is 0 Å². The molecule has 1 aromatic carbocycles. The van der Waals surface area contributed by atoms with E-state index in [1.807, 2.05) is 12.1 Å². The molecular formula is C24H32O6-2. The highest BCUT2D eigenvalue weighted by Gasteiger charge is 2.38. The van der Waals surface area contributed by atoms with Crippen molar-refractivity contribution in [1.29, 1.82) is 0 Å². The lowest BCUT2D eigenvalue weighted by Gasteiger charge is -2.28. The van der Waals surface area contributed by atoms with Crippen molar-refractivity contribution in [3.8, 4) is 0 Å². The Morgan fingerprint density at radius 3 is 1.90 bits per heavy atom. The highest BCUT2D eigenvalue weighted by Crippen LogP contribution is 2.34. The van der Waals surface area contributed by atoms with E-state index in [1.165, 1.54) is 56.9 Å². The third kappa shape index (κ3) is 6.05. The van der Waals surface area contributed by atoms with Crippen LogP contribution >= 0.6 is 0 Å². The van der Waals surface area contributed by atoms with E-state index >= 15 is 0 Å². The first-order valence-corrected chi connectivity index (χ1v) is 11.3. The summed E-state index contributed by atoms with van der Waals surface area (Å²) in [6, 6.07) is 7.49. The molecule has 1 aliphatic heterocycles. The lowest BCUT2D eigenvalue weighted by atomic mass is 9.78. The average Bonchev–Trinajstić information content (AvgIpc) is 3.19. The van der Waals surface area contributed by atoms with Gasteiger partial charge in [0.05, 0.1) is 11.9 Å². The summed E-state index contributed by atoms with van der Waals surface area (Å²) in [5.41, 5.74) is 1.77. The molecule has 1 heterocycles. The van der Waals surface area contributed by atoms with Gasteiger partial charge in [0.2, 0.25) is 0 Å². The zero-order chi connectivity index (χ0) is 21.5. The van der Waals surface area contributed by atoms with E-state index in [4.69, 9.17) is 9.47 Å². The van der Waals surface area contributed by atoms with Gasteiger partial charge in [-0.15, -0.1) is 0 Å². The van der Waals surface area contributed by atoms with Crippen LogP contribution in [0.4, 0.5) is 0 Å². The van der Waals surface area contributed by atoms with E-state index < -0.39 is 30.4 Å². The Balaban J connectivity index is 1.40. The number of carbonyl (C=O) groups excluding carboxylic acids is 2. The Morgan fingerprint density at radius 1 is 0.867 bits per heavy atom. The lowest BCUT2D eigenvalue weighted by molar-refractivity contribution is -0.327. The summed E-state index contributed by atoms with van der Waals surface area (Å²) in [5, 5.41) is 22.1. The highest BCUT2D eigenvalue weighted by atomic mass is 16.7. The second kappa shape index (κ2) is 10.9. The number of unbranched alkanes of at least 4 members (excludes halogenated alkanes) is 1. The molecule has 2 atom stereocenters. The number of ether oxygens (including phenoxy) is 2. The second-order valence-corrected chi connectivity index (χ2v) is 8.75. The molecule has 2 fully saturated rings. The molecule has 0 spiro atoms. The SMILES string of the molecule is CCCC1CCC(CCCCc2ccc(C3OC(C(=O)[O-])C(C(=O)[O-])O3)cc2)CC1. The molecule has 0 aromatic heterocycles. The van der Waals surface area contributed by atoms with E-state index in [1.54, 1.807) is 12.1 Å². The summed E-state index contributed by atoms with van der Waals surface area (Å²) >= 11 is 0. The van der Waals surface area contributed by atoms with E-state index in [0.29, 0.717) is 5.56 Å². The van der Waals surface area contributed by atoms with Crippen molar-refractivity contribution in [2.24, 2.45) is 11.8 Å². The molecule has 1 saturated heterocycles. The molecule has 3 rings (SSSR count). The van der Waals surface area contributed by atoms with Crippen LogP contribution < -0.4 is 10.2 Å². The molecule has 0 radical (unpaired) electrons. The number of rotatable bonds is 10. The zero-order valence-corrected chi connectivity index (χ0v) is 17.7.